The van der Waals surface area contributed by atoms with Crippen LogP contribution in [-0.4, -0.2) is 23.0 Å². The maximum atomic E-state index is 12.2. The Labute approximate surface area is 119 Å². The standard InChI is InChI=1S/C15H22N2OS/c1-3-19-13-7-6-12(9-13)17-15(18)11-5-4-10(2)14(16)8-11/h4-5,8,12-13H,3,6-7,9,16H2,1-2H3,(H,17,18). The minimum absolute atomic E-state index is 0.00107. The van der Waals surface area contributed by atoms with E-state index in [1.807, 2.05) is 30.8 Å². The molecule has 0 heterocycles. The first-order valence-electron chi connectivity index (χ1n) is 6.88. The van der Waals surface area contributed by atoms with Gasteiger partial charge in [-0.2, -0.15) is 11.8 Å². The summed E-state index contributed by atoms with van der Waals surface area (Å²) in [7, 11) is 0. The Hall–Kier alpha value is -1.16. The zero-order chi connectivity index (χ0) is 13.8. The minimum Gasteiger partial charge on any atom is -0.398 e. The van der Waals surface area contributed by atoms with Gasteiger partial charge >= 0.3 is 0 Å². The van der Waals surface area contributed by atoms with Crippen LogP contribution < -0.4 is 11.1 Å². The van der Waals surface area contributed by atoms with Crippen LogP contribution in [0.2, 0.25) is 0 Å². The number of nitrogen functional groups attached to an aromatic ring is 1. The lowest BCUT2D eigenvalue weighted by molar-refractivity contribution is 0.0938. The van der Waals surface area contributed by atoms with Gasteiger partial charge in [0.25, 0.3) is 5.91 Å². The number of anilines is 1. The van der Waals surface area contributed by atoms with Gasteiger partial charge in [0.15, 0.2) is 0 Å². The second-order valence-corrected chi connectivity index (χ2v) is 6.71. The van der Waals surface area contributed by atoms with Crippen LogP contribution in [0.3, 0.4) is 0 Å². The molecule has 2 atom stereocenters. The molecule has 3 N–H and O–H groups in total. The Balaban J connectivity index is 1.92. The van der Waals surface area contributed by atoms with E-state index in [-0.39, 0.29) is 5.91 Å². The zero-order valence-electron chi connectivity index (χ0n) is 11.6. The SMILES string of the molecule is CCSC1CCC(NC(=O)c2ccc(C)c(N)c2)C1. The van der Waals surface area contributed by atoms with E-state index in [0.29, 0.717) is 22.5 Å². The Morgan fingerprint density at radius 3 is 2.95 bits per heavy atom. The van der Waals surface area contributed by atoms with E-state index in [4.69, 9.17) is 5.73 Å². The van der Waals surface area contributed by atoms with Gasteiger partial charge in [-0.3, -0.25) is 4.79 Å². The van der Waals surface area contributed by atoms with Crippen molar-refractivity contribution in [1.29, 1.82) is 0 Å². The molecular formula is C15H22N2OS. The fourth-order valence-corrected chi connectivity index (χ4v) is 3.65. The molecule has 19 heavy (non-hydrogen) atoms. The van der Waals surface area contributed by atoms with Gasteiger partial charge in [0.05, 0.1) is 0 Å². The highest BCUT2D eigenvalue weighted by Crippen LogP contribution is 2.29. The summed E-state index contributed by atoms with van der Waals surface area (Å²) in [6, 6.07) is 5.82. The third kappa shape index (κ3) is 3.66. The number of rotatable bonds is 4. The molecule has 0 spiro atoms. The fraction of sp³-hybridized carbons (Fsp3) is 0.533. The summed E-state index contributed by atoms with van der Waals surface area (Å²) in [6.07, 6.45) is 3.38. The molecule has 1 aromatic carbocycles. The molecule has 0 saturated heterocycles. The predicted octanol–water partition coefficient (Wildman–Crippen LogP) is 2.98. The molecule has 3 nitrogen and oxygen atoms in total. The van der Waals surface area contributed by atoms with Crippen LogP contribution in [0.4, 0.5) is 5.69 Å². The number of hydrogen-bond donors (Lipinski definition) is 2. The monoisotopic (exact) mass is 278 g/mol. The molecule has 0 aromatic heterocycles. The highest BCUT2D eigenvalue weighted by atomic mass is 32.2. The number of benzene rings is 1. The van der Waals surface area contributed by atoms with Gasteiger partial charge in [-0.25, -0.2) is 0 Å². The van der Waals surface area contributed by atoms with E-state index < -0.39 is 0 Å². The topological polar surface area (TPSA) is 55.1 Å². The molecule has 1 aliphatic rings. The largest absolute Gasteiger partial charge is 0.398 e. The summed E-state index contributed by atoms with van der Waals surface area (Å²) < 4.78 is 0. The third-order valence-corrected chi connectivity index (χ3v) is 4.90. The van der Waals surface area contributed by atoms with Crippen molar-refractivity contribution >= 4 is 23.4 Å². The normalized spacial score (nSPS) is 22.4. The summed E-state index contributed by atoms with van der Waals surface area (Å²) in [5.74, 6) is 1.15. The van der Waals surface area contributed by atoms with Crippen molar-refractivity contribution in [3.63, 3.8) is 0 Å². The van der Waals surface area contributed by atoms with Gasteiger partial charge in [-0.05, 0) is 49.6 Å². The first-order valence-corrected chi connectivity index (χ1v) is 7.93. The molecule has 0 aliphatic heterocycles. The number of carbonyl (C=O) groups excluding carboxylic acids is 1. The van der Waals surface area contributed by atoms with E-state index in [9.17, 15) is 4.79 Å². The van der Waals surface area contributed by atoms with E-state index in [1.54, 1.807) is 6.07 Å². The highest BCUT2D eigenvalue weighted by Gasteiger charge is 2.25. The maximum absolute atomic E-state index is 12.2. The van der Waals surface area contributed by atoms with Crippen LogP contribution >= 0.6 is 11.8 Å². The average molecular weight is 278 g/mol. The second kappa shape index (κ2) is 6.33. The lowest BCUT2D eigenvalue weighted by Gasteiger charge is -2.13. The third-order valence-electron chi connectivity index (χ3n) is 3.66. The van der Waals surface area contributed by atoms with Crippen LogP contribution in [0.15, 0.2) is 18.2 Å². The van der Waals surface area contributed by atoms with Gasteiger partial charge in [0, 0.05) is 22.5 Å². The summed E-state index contributed by atoms with van der Waals surface area (Å²) in [5.41, 5.74) is 8.20. The van der Waals surface area contributed by atoms with Crippen molar-refractivity contribution in [2.24, 2.45) is 0 Å². The van der Waals surface area contributed by atoms with Crippen LogP contribution in [0.25, 0.3) is 0 Å². The molecule has 1 amide bonds. The second-order valence-electron chi connectivity index (χ2n) is 5.13. The van der Waals surface area contributed by atoms with E-state index >= 15 is 0 Å². The molecule has 1 saturated carbocycles. The number of aryl methyl sites for hydroxylation is 1. The van der Waals surface area contributed by atoms with Crippen LogP contribution in [0, 0.1) is 6.92 Å². The summed E-state index contributed by atoms with van der Waals surface area (Å²) in [5, 5.41) is 3.83. The highest BCUT2D eigenvalue weighted by molar-refractivity contribution is 7.99. The molecule has 1 aromatic rings. The first-order chi connectivity index (χ1) is 9.10. The molecule has 1 aliphatic carbocycles. The van der Waals surface area contributed by atoms with Crippen molar-refractivity contribution < 1.29 is 4.79 Å². The fourth-order valence-electron chi connectivity index (χ4n) is 2.51. The van der Waals surface area contributed by atoms with Crippen molar-refractivity contribution in [3.8, 4) is 0 Å². The molecule has 4 heteroatoms. The van der Waals surface area contributed by atoms with E-state index in [2.05, 4.69) is 12.2 Å². The molecule has 2 unspecified atom stereocenters. The Morgan fingerprint density at radius 2 is 2.26 bits per heavy atom. The molecule has 0 bridgehead atoms. The van der Waals surface area contributed by atoms with Crippen molar-refractivity contribution in [1.82, 2.24) is 5.32 Å². The predicted molar refractivity (Wildman–Crippen MR) is 82.6 cm³/mol. The van der Waals surface area contributed by atoms with Gasteiger partial charge in [0.1, 0.15) is 0 Å². The smallest absolute Gasteiger partial charge is 0.251 e. The minimum atomic E-state index is -0.00107. The molecular weight excluding hydrogens is 256 g/mol. The van der Waals surface area contributed by atoms with Crippen LogP contribution in [0.5, 0.6) is 0 Å². The Bertz CT molecular complexity index is 461. The van der Waals surface area contributed by atoms with Gasteiger partial charge in [-0.15, -0.1) is 0 Å². The van der Waals surface area contributed by atoms with Gasteiger partial charge < -0.3 is 11.1 Å². The lowest BCUT2D eigenvalue weighted by Crippen LogP contribution is -2.33. The first kappa shape index (κ1) is 14.3. The number of nitrogens with one attached hydrogen (secondary N) is 1. The number of hydrogen-bond acceptors (Lipinski definition) is 3. The summed E-state index contributed by atoms with van der Waals surface area (Å²) in [4.78, 5) is 12.2. The number of amides is 1. The maximum Gasteiger partial charge on any atom is 0.251 e. The molecule has 104 valence electrons. The molecule has 1 fully saturated rings. The Kier molecular flexibility index (Phi) is 4.75. The van der Waals surface area contributed by atoms with Crippen molar-refractivity contribution in [3.05, 3.63) is 29.3 Å². The number of thioether (sulfide) groups is 1. The van der Waals surface area contributed by atoms with E-state index in [0.717, 1.165) is 24.2 Å². The number of carbonyl (C=O) groups is 1. The van der Waals surface area contributed by atoms with Gasteiger partial charge in [0.2, 0.25) is 0 Å². The number of nitrogens with two attached hydrogens (primary N) is 1. The van der Waals surface area contributed by atoms with Gasteiger partial charge in [-0.1, -0.05) is 13.0 Å². The molecule has 0 radical (unpaired) electrons. The average Bonchev–Trinajstić information content (AvgIpc) is 2.80. The molecule has 2 rings (SSSR count). The van der Waals surface area contributed by atoms with Crippen molar-refractivity contribution in [2.45, 2.75) is 44.4 Å². The van der Waals surface area contributed by atoms with Crippen molar-refractivity contribution in [2.75, 3.05) is 11.5 Å². The Morgan fingerprint density at radius 1 is 1.47 bits per heavy atom. The summed E-state index contributed by atoms with van der Waals surface area (Å²) >= 11 is 2.00. The quantitative estimate of drug-likeness (QED) is 0.833. The van der Waals surface area contributed by atoms with E-state index in [1.165, 1.54) is 6.42 Å². The van der Waals surface area contributed by atoms with Crippen LogP contribution in [0.1, 0.15) is 42.1 Å². The zero-order valence-corrected chi connectivity index (χ0v) is 12.4. The lowest BCUT2D eigenvalue weighted by atomic mass is 10.1. The van der Waals surface area contributed by atoms with Crippen LogP contribution in [-0.2, 0) is 0 Å². The summed E-state index contributed by atoms with van der Waals surface area (Å²) in [6.45, 7) is 4.13.